The molecule has 2 heterocycles. The summed E-state index contributed by atoms with van der Waals surface area (Å²) in [4.78, 5) is 50.5. The molecule has 0 spiro atoms. The number of Topliss-reactive ketones (excluding diaryl/α,β-unsaturated/α-hetero) is 1. The molecule has 39 heavy (non-hydrogen) atoms. The first-order valence-corrected chi connectivity index (χ1v) is 12.3. The van der Waals surface area contributed by atoms with E-state index in [2.05, 4.69) is 32.5 Å². The van der Waals surface area contributed by atoms with Crippen molar-refractivity contribution in [1.29, 1.82) is 0 Å². The van der Waals surface area contributed by atoms with Crippen molar-refractivity contribution in [3.63, 3.8) is 0 Å². The van der Waals surface area contributed by atoms with Crippen molar-refractivity contribution in [3.8, 4) is 0 Å². The molecule has 0 aliphatic carbocycles. The largest absolute Gasteiger partial charge is 0.395 e. The predicted octanol–water partition coefficient (Wildman–Crippen LogP) is 3.21. The van der Waals surface area contributed by atoms with E-state index in [1.54, 1.807) is 80.8 Å². The fraction of sp³-hybridized carbons (Fsp3) is 0.207. The van der Waals surface area contributed by atoms with E-state index < -0.39 is 35.9 Å². The summed E-state index contributed by atoms with van der Waals surface area (Å²) in [6, 6.07) is 18.7. The van der Waals surface area contributed by atoms with E-state index in [0.717, 1.165) is 5.69 Å². The van der Waals surface area contributed by atoms with Gasteiger partial charge in [0.25, 0.3) is 5.91 Å². The number of nitrogens with one attached hydrogen (secondary N) is 3. The van der Waals surface area contributed by atoms with Crippen molar-refractivity contribution in [2.75, 3.05) is 35.7 Å². The monoisotopic (exact) mass is 526 g/mol. The number of pyridine rings is 1. The molecule has 3 aromatic rings. The third-order valence-electron chi connectivity index (χ3n) is 6.51. The third-order valence-corrected chi connectivity index (χ3v) is 6.51. The average Bonchev–Trinajstić information content (AvgIpc) is 3.08. The van der Waals surface area contributed by atoms with E-state index in [9.17, 15) is 19.5 Å². The Bertz CT molecular complexity index is 1420. The van der Waals surface area contributed by atoms with Gasteiger partial charge in [0.1, 0.15) is 0 Å². The zero-order valence-corrected chi connectivity index (χ0v) is 21.7. The molecule has 1 aromatic heterocycles. The Kier molecular flexibility index (Phi) is 8.16. The number of ketones is 1. The first-order valence-electron chi connectivity index (χ1n) is 12.3. The Hall–Kier alpha value is -4.83. The number of carbonyl (C=O) groups is 3. The molecule has 4 rings (SSSR count). The Morgan fingerprint density at radius 3 is 2.54 bits per heavy atom. The van der Waals surface area contributed by atoms with Crippen LogP contribution in [0.15, 0.2) is 90.6 Å². The number of aromatic nitrogens is 1. The van der Waals surface area contributed by atoms with Crippen molar-refractivity contribution < 1.29 is 19.5 Å². The van der Waals surface area contributed by atoms with Gasteiger partial charge in [0.15, 0.2) is 5.78 Å². The molecule has 2 atom stereocenters. The molecule has 3 amide bonds. The van der Waals surface area contributed by atoms with Gasteiger partial charge in [-0.05, 0) is 43.3 Å². The zero-order chi connectivity index (χ0) is 28.0. The number of aliphatic hydroxyl groups excluding tert-OH is 1. The molecule has 2 aromatic carbocycles. The number of rotatable bonds is 9. The first-order chi connectivity index (χ1) is 18.8. The van der Waals surface area contributed by atoms with Crippen LogP contribution in [-0.2, 0) is 9.59 Å². The summed E-state index contributed by atoms with van der Waals surface area (Å²) in [5, 5.41) is 18.2. The second kappa shape index (κ2) is 11.7. The molecule has 200 valence electrons. The normalized spacial score (nSPS) is 16.2. The lowest BCUT2D eigenvalue weighted by Crippen LogP contribution is -2.51. The van der Waals surface area contributed by atoms with Crippen LogP contribution in [0.5, 0.6) is 0 Å². The molecular formula is C29H30N6O4. The zero-order valence-electron chi connectivity index (χ0n) is 21.7. The van der Waals surface area contributed by atoms with Gasteiger partial charge in [-0.15, -0.1) is 6.58 Å². The molecule has 0 saturated heterocycles. The second-order valence-electron chi connectivity index (χ2n) is 9.17. The van der Waals surface area contributed by atoms with Gasteiger partial charge < -0.3 is 26.0 Å². The molecule has 1 unspecified atom stereocenters. The van der Waals surface area contributed by atoms with Crippen molar-refractivity contribution in [1.82, 2.24) is 10.3 Å². The molecule has 0 bridgehead atoms. The summed E-state index contributed by atoms with van der Waals surface area (Å²) >= 11 is 0. The number of amides is 3. The van der Waals surface area contributed by atoms with E-state index in [4.69, 9.17) is 0 Å². The quantitative estimate of drug-likeness (QED) is 0.316. The van der Waals surface area contributed by atoms with Gasteiger partial charge in [0.05, 0.1) is 35.7 Å². The van der Waals surface area contributed by atoms with Crippen LogP contribution in [-0.4, -0.2) is 59.9 Å². The predicted molar refractivity (Wildman–Crippen MR) is 151 cm³/mol. The van der Waals surface area contributed by atoms with Crippen LogP contribution < -0.4 is 20.9 Å². The number of hydrogen-bond acceptors (Lipinski definition) is 7. The third kappa shape index (κ3) is 5.86. The summed E-state index contributed by atoms with van der Waals surface area (Å²) in [5.74, 6) is -1.04. The van der Waals surface area contributed by atoms with E-state index >= 15 is 0 Å². The molecule has 1 aliphatic rings. The summed E-state index contributed by atoms with van der Waals surface area (Å²) in [6.45, 7) is 4.39. The van der Waals surface area contributed by atoms with Crippen LogP contribution in [0, 0.1) is 5.41 Å². The number of benzodiazepines with no additional fused rings is 1. The van der Waals surface area contributed by atoms with Crippen molar-refractivity contribution in [2.45, 2.75) is 13.1 Å². The van der Waals surface area contributed by atoms with Crippen LogP contribution >= 0.6 is 0 Å². The minimum Gasteiger partial charge on any atom is -0.395 e. The standard InChI is InChI=1S/C29H30N6O4/c1-4-29(2,18-36)24(37)17-35-23-14-6-5-12-21(23)25(22-13-7-8-15-31-22)33-26(27(35)38)34-28(39)32-20-11-9-10-19(16-20)30-3/h4-16,26,30,36H,1,17-18H2,2-3H3,(H2,32,34,39)/t26-,29?/m0/s1. The van der Waals surface area contributed by atoms with Gasteiger partial charge >= 0.3 is 6.03 Å². The van der Waals surface area contributed by atoms with Gasteiger partial charge in [-0.3, -0.25) is 14.6 Å². The first kappa shape index (κ1) is 27.2. The SMILES string of the molecule is C=CC(C)(CO)C(=O)CN1C(=O)[C@H](NC(=O)Nc2cccc(NC)c2)N=C(c2ccccn2)c2ccccc21. The molecule has 0 radical (unpaired) electrons. The van der Waals surface area contributed by atoms with E-state index in [0.29, 0.717) is 28.3 Å². The van der Waals surface area contributed by atoms with Gasteiger partial charge in [-0.1, -0.05) is 36.4 Å². The maximum atomic E-state index is 13.9. The van der Waals surface area contributed by atoms with E-state index in [1.807, 2.05) is 6.07 Å². The van der Waals surface area contributed by atoms with Crippen molar-refractivity contribution in [2.24, 2.45) is 10.4 Å². The fourth-order valence-electron chi connectivity index (χ4n) is 4.03. The van der Waals surface area contributed by atoms with Gasteiger partial charge in [0.2, 0.25) is 6.17 Å². The number of carbonyl (C=O) groups excluding carboxylic acids is 3. The highest BCUT2D eigenvalue weighted by Crippen LogP contribution is 2.29. The number of para-hydroxylation sites is 1. The van der Waals surface area contributed by atoms with Gasteiger partial charge in [0, 0.05) is 30.2 Å². The number of nitrogens with zero attached hydrogens (tertiary/aromatic N) is 3. The number of urea groups is 1. The molecular weight excluding hydrogens is 496 g/mol. The minimum absolute atomic E-state index is 0.367. The fourth-order valence-corrected chi connectivity index (χ4v) is 4.03. The highest BCUT2D eigenvalue weighted by molar-refractivity contribution is 6.20. The maximum Gasteiger partial charge on any atom is 0.321 e. The molecule has 10 nitrogen and oxygen atoms in total. The minimum atomic E-state index is -1.38. The maximum absolute atomic E-state index is 13.9. The molecule has 0 fully saturated rings. The molecule has 10 heteroatoms. The number of anilines is 3. The van der Waals surface area contributed by atoms with Crippen LogP contribution in [0.4, 0.5) is 21.9 Å². The lowest BCUT2D eigenvalue weighted by molar-refractivity contribution is -0.128. The number of hydrogen-bond donors (Lipinski definition) is 4. The second-order valence-corrected chi connectivity index (χ2v) is 9.17. The Morgan fingerprint density at radius 1 is 1.10 bits per heavy atom. The van der Waals surface area contributed by atoms with Gasteiger partial charge in [-0.25, -0.2) is 9.79 Å². The van der Waals surface area contributed by atoms with Gasteiger partial charge in [-0.2, -0.15) is 0 Å². The lowest BCUT2D eigenvalue weighted by Gasteiger charge is -2.29. The number of aliphatic imine (C=N–C) groups is 1. The average molecular weight is 527 g/mol. The Morgan fingerprint density at radius 2 is 1.85 bits per heavy atom. The van der Waals surface area contributed by atoms with Crippen LogP contribution in [0.2, 0.25) is 0 Å². The van der Waals surface area contributed by atoms with E-state index in [-0.39, 0.29) is 6.54 Å². The number of aliphatic hydroxyl groups is 1. The smallest absolute Gasteiger partial charge is 0.321 e. The summed E-state index contributed by atoms with van der Waals surface area (Å²) in [6.07, 6.45) is 1.59. The lowest BCUT2D eigenvalue weighted by atomic mass is 9.86. The van der Waals surface area contributed by atoms with E-state index in [1.165, 1.54) is 11.0 Å². The topological polar surface area (TPSA) is 136 Å². The summed E-state index contributed by atoms with van der Waals surface area (Å²) < 4.78 is 0. The molecule has 0 saturated carbocycles. The Balaban J connectivity index is 1.75. The number of benzene rings is 2. The number of fused-ring (bicyclic) bond motifs is 1. The Labute approximate surface area is 226 Å². The molecule has 1 aliphatic heterocycles. The summed E-state index contributed by atoms with van der Waals surface area (Å²) in [5.41, 5.74) is 1.91. The summed E-state index contributed by atoms with van der Waals surface area (Å²) in [7, 11) is 1.76. The van der Waals surface area contributed by atoms with Crippen LogP contribution in [0.3, 0.4) is 0 Å². The highest BCUT2D eigenvalue weighted by atomic mass is 16.3. The van der Waals surface area contributed by atoms with Crippen molar-refractivity contribution in [3.05, 3.63) is 96.8 Å². The van der Waals surface area contributed by atoms with Crippen LogP contribution in [0.1, 0.15) is 18.2 Å². The molecule has 4 N–H and O–H groups in total. The van der Waals surface area contributed by atoms with Crippen molar-refractivity contribution >= 4 is 40.5 Å². The van der Waals surface area contributed by atoms with Crippen LogP contribution in [0.25, 0.3) is 0 Å². The highest BCUT2D eigenvalue weighted by Gasteiger charge is 2.37.